The highest BCUT2D eigenvalue weighted by Gasteiger charge is 2.32. The molecule has 1 N–H and O–H groups in total. The smallest absolute Gasteiger partial charge is 0.119 e. The molecule has 0 aliphatic heterocycles. The highest BCUT2D eigenvalue weighted by Crippen LogP contribution is 2.41. The van der Waals surface area contributed by atoms with Gasteiger partial charge < -0.3 is 5.11 Å². The fourth-order valence-corrected chi connectivity index (χ4v) is 4.74. The topological polar surface area (TPSA) is 50.9 Å². The summed E-state index contributed by atoms with van der Waals surface area (Å²) in [6.45, 7) is 8.77. The first-order valence-electron chi connectivity index (χ1n) is 11.6. The van der Waals surface area contributed by atoms with Gasteiger partial charge in [-0.3, -0.25) is 0 Å². The standard InChI is InChI=1S/C30H29N3O/c1-29(2,21-12-6-5-7-13-21)24-20-22(30(3,4)23-14-8-11-17-28(23)34)18-19-27(24)33-31-25-15-9-10-16-26(25)32-33/h5-20,34H,1-4H3. The fourth-order valence-electron chi connectivity index (χ4n) is 4.74. The van der Waals surface area contributed by atoms with Crippen molar-refractivity contribution in [3.05, 3.63) is 119 Å². The summed E-state index contributed by atoms with van der Waals surface area (Å²) in [5.74, 6) is 0.306. The molecule has 0 fully saturated rings. The van der Waals surface area contributed by atoms with E-state index in [4.69, 9.17) is 10.2 Å². The molecule has 34 heavy (non-hydrogen) atoms. The zero-order valence-corrected chi connectivity index (χ0v) is 20.0. The Labute approximate surface area is 200 Å². The molecular weight excluding hydrogens is 418 g/mol. The lowest BCUT2D eigenvalue weighted by Crippen LogP contribution is -2.25. The van der Waals surface area contributed by atoms with Crippen LogP contribution in [-0.4, -0.2) is 20.1 Å². The molecule has 5 aromatic rings. The van der Waals surface area contributed by atoms with Crippen molar-refractivity contribution in [3.63, 3.8) is 0 Å². The largest absolute Gasteiger partial charge is 0.508 e. The molecule has 0 saturated heterocycles. The van der Waals surface area contributed by atoms with Gasteiger partial charge in [-0.15, -0.1) is 10.2 Å². The molecule has 0 bridgehead atoms. The number of nitrogens with zero attached hydrogens (tertiary/aromatic N) is 3. The van der Waals surface area contributed by atoms with Gasteiger partial charge in [0.15, 0.2) is 0 Å². The summed E-state index contributed by atoms with van der Waals surface area (Å²) in [5, 5.41) is 20.2. The van der Waals surface area contributed by atoms with E-state index in [1.807, 2.05) is 48.5 Å². The minimum absolute atomic E-state index is 0.304. The van der Waals surface area contributed by atoms with E-state index in [2.05, 4.69) is 70.2 Å². The van der Waals surface area contributed by atoms with E-state index in [1.54, 1.807) is 10.9 Å². The van der Waals surface area contributed by atoms with E-state index < -0.39 is 5.41 Å². The van der Waals surface area contributed by atoms with Crippen LogP contribution in [0.4, 0.5) is 0 Å². The number of fused-ring (bicyclic) bond motifs is 1. The van der Waals surface area contributed by atoms with Gasteiger partial charge in [0.2, 0.25) is 0 Å². The van der Waals surface area contributed by atoms with Crippen molar-refractivity contribution in [3.8, 4) is 11.4 Å². The molecule has 0 radical (unpaired) electrons. The van der Waals surface area contributed by atoms with Crippen LogP contribution in [0.1, 0.15) is 49.9 Å². The van der Waals surface area contributed by atoms with Crippen molar-refractivity contribution in [2.75, 3.05) is 0 Å². The molecule has 170 valence electrons. The minimum atomic E-state index is -0.395. The Morgan fingerprint density at radius 1 is 0.588 bits per heavy atom. The van der Waals surface area contributed by atoms with Gasteiger partial charge in [0.1, 0.15) is 16.8 Å². The molecule has 0 spiro atoms. The van der Waals surface area contributed by atoms with Gasteiger partial charge in [-0.1, -0.05) is 100 Å². The maximum atomic E-state index is 10.6. The van der Waals surface area contributed by atoms with E-state index in [-0.39, 0.29) is 5.41 Å². The summed E-state index contributed by atoms with van der Waals surface area (Å²) in [4.78, 5) is 1.75. The van der Waals surface area contributed by atoms with Crippen LogP contribution in [0, 0.1) is 0 Å². The Hall–Kier alpha value is -3.92. The van der Waals surface area contributed by atoms with E-state index in [1.165, 1.54) is 5.56 Å². The van der Waals surface area contributed by atoms with Crippen LogP contribution < -0.4 is 0 Å². The lowest BCUT2D eigenvalue weighted by atomic mass is 9.72. The summed E-state index contributed by atoms with van der Waals surface area (Å²) in [5.41, 5.74) is 6.33. The number of rotatable bonds is 5. The van der Waals surface area contributed by atoms with Crippen molar-refractivity contribution in [1.82, 2.24) is 15.0 Å². The summed E-state index contributed by atoms with van der Waals surface area (Å²) in [6, 6.07) is 32.5. The fraction of sp³-hybridized carbons (Fsp3) is 0.200. The second-order valence-corrected chi connectivity index (χ2v) is 9.84. The predicted molar refractivity (Wildman–Crippen MR) is 138 cm³/mol. The maximum Gasteiger partial charge on any atom is 0.119 e. The van der Waals surface area contributed by atoms with Crippen molar-refractivity contribution in [2.45, 2.75) is 38.5 Å². The predicted octanol–water partition coefficient (Wildman–Crippen LogP) is 6.78. The molecule has 0 amide bonds. The van der Waals surface area contributed by atoms with E-state index >= 15 is 0 Å². The molecule has 0 unspecified atom stereocenters. The zero-order valence-electron chi connectivity index (χ0n) is 20.0. The van der Waals surface area contributed by atoms with Crippen LogP contribution >= 0.6 is 0 Å². The first kappa shape index (κ1) is 21.9. The zero-order chi connectivity index (χ0) is 23.9. The van der Waals surface area contributed by atoms with Gasteiger partial charge in [0, 0.05) is 16.4 Å². The number of phenolic OH excluding ortho intramolecular Hbond substituents is 1. The van der Waals surface area contributed by atoms with Gasteiger partial charge in [-0.25, -0.2) is 0 Å². The van der Waals surface area contributed by atoms with E-state index in [0.717, 1.165) is 33.4 Å². The molecule has 0 aliphatic rings. The summed E-state index contributed by atoms with van der Waals surface area (Å²) in [7, 11) is 0. The number of hydrogen-bond acceptors (Lipinski definition) is 3. The molecule has 4 nitrogen and oxygen atoms in total. The molecule has 1 aromatic heterocycles. The molecular formula is C30H29N3O. The Balaban J connectivity index is 1.74. The number of para-hydroxylation sites is 1. The Morgan fingerprint density at radius 2 is 1.15 bits per heavy atom. The van der Waals surface area contributed by atoms with E-state index in [9.17, 15) is 5.11 Å². The molecule has 1 heterocycles. The number of aromatic hydroxyl groups is 1. The van der Waals surface area contributed by atoms with Crippen molar-refractivity contribution in [2.24, 2.45) is 0 Å². The van der Waals surface area contributed by atoms with Crippen LogP contribution in [0.15, 0.2) is 97.1 Å². The second-order valence-electron chi connectivity index (χ2n) is 9.84. The highest BCUT2D eigenvalue weighted by atomic mass is 16.3. The van der Waals surface area contributed by atoms with E-state index in [0.29, 0.717) is 5.75 Å². The quantitative estimate of drug-likeness (QED) is 0.323. The molecule has 0 aliphatic carbocycles. The third kappa shape index (κ3) is 3.65. The van der Waals surface area contributed by atoms with Crippen molar-refractivity contribution in [1.29, 1.82) is 0 Å². The molecule has 0 saturated carbocycles. The maximum absolute atomic E-state index is 10.6. The third-order valence-corrected chi connectivity index (χ3v) is 6.97. The van der Waals surface area contributed by atoms with Gasteiger partial charge >= 0.3 is 0 Å². The van der Waals surface area contributed by atoms with Crippen LogP contribution in [-0.2, 0) is 10.8 Å². The molecule has 4 heteroatoms. The Bertz CT molecular complexity index is 1430. The first-order valence-corrected chi connectivity index (χ1v) is 11.6. The Kier molecular flexibility index (Phi) is 5.24. The monoisotopic (exact) mass is 447 g/mol. The van der Waals surface area contributed by atoms with Crippen LogP contribution in [0.3, 0.4) is 0 Å². The first-order chi connectivity index (χ1) is 16.3. The van der Waals surface area contributed by atoms with Gasteiger partial charge in [-0.2, -0.15) is 4.80 Å². The molecule has 5 rings (SSSR count). The number of hydrogen-bond donors (Lipinski definition) is 1. The Morgan fingerprint density at radius 3 is 1.79 bits per heavy atom. The summed E-state index contributed by atoms with van der Waals surface area (Å²) >= 11 is 0. The minimum Gasteiger partial charge on any atom is -0.508 e. The average molecular weight is 448 g/mol. The van der Waals surface area contributed by atoms with Crippen LogP contribution in [0.25, 0.3) is 16.7 Å². The lowest BCUT2D eigenvalue weighted by molar-refractivity contribution is 0.453. The molecule has 4 aromatic carbocycles. The summed E-state index contributed by atoms with van der Waals surface area (Å²) in [6.07, 6.45) is 0. The number of aromatic nitrogens is 3. The lowest BCUT2D eigenvalue weighted by Gasteiger charge is -2.32. The van der Waals surface area contributed by atoms with Crippen molar-refractivity contribution >= 4 is 11.0 Å². The van der Waals surface area contributed by atoms with Gasteiger partial charge in [0.05, 0.1) is 5.69 Å². The second kappa shape index (κ2) is 8.14. The highest BCUT2D eigenvalue weighted by molar-refractivity contribution is 5.73. The summed E-state index contributed by atoms with van der Waals surface area (Å²) < 4.78 is 0. The normalized spacial score (nSPS) is 12.2. The van der Waals surface area contributed by atoms with Crippen LogP contribution in [0.2, 0.25) is 0 Å². The third-order valence-electron chi connectivity index (χ3n) is 6.97. The number of phenols is 1. The average Bonchev–Trinajstić information content (AvgIpc) is 3.28. The van der Waals surface area contributed by atoms with Gasteiger partial charge in [-0.05, 0) is 41.0 Å². The SMILES string of the molecule is CC(C)(c1ccc(-n2nc3ccccc3n2)c(C(C)(C)c2ccccc2)c1)c1ccccc1O. The number of benzene rings is 4. The van der Waals surface area contributed by atoms with Crippen molar-refractivity contribution < 1.29 is 5.11 Å². The van der Waals surface area contributed by atoms with Gasteiger partial charge in [0.25, 0.3) is 0 Å². The van der Waals surface area contributed by atoms with Crippen LogP contribution in [0.5, 0.6) is 5.75 Å². The molecule has 0 atom stereocenters.